The molecule has 0 saturated heterocycles. The fourth-order valence-corrected chi connectivity index (χ4v) is 3.60. The van der Waals surface area contributed by atoms with Gasteiger partial charge in [-0.25, -0.2) is 0 Å². The summed E-state index contributed by atoms with van der Waals surface area (Å²) in [6.07, 6.45) is 0.411. The smallest absolute Gasteiger partial charge is 0.308 e. The van der Waals surface area contributed by atoms with Crippen LogP contribution >= 0.6 is 11.3 Å². The van der Waals surface area contributed by atoms with Crippen LogP contribution in [0.25, 0.3) is 0 Å². The number of carboxylic acids is 1. The number of carboxylic acid groups (broad SMARTS) is 1. The predicted molar refractivity (Wildman–Crippen MR) is 105 cm³/mol. The fourth-order valence-electron chi connectivity index (χ4n) is 2.82. The number of aryl methyl sites for hydroxylation is 1. The highest BCUT2D eigenvalue weighted by Crippen LogP contribution is 2.22. The first-order valence-electron chi connectivity index (χ1n) is 8.70. The van der Waals surface area contributed by atoms with E-state index in [1.165, 1.54) is 18.3 Å². The molecule has 0 radical (unpaired) electrons. The highest BCUT2D eigenvalue weighted by Gasteiger charge is 2.22. The number of hydrogen-bond acceptors (Lipinski definition) is 4. The van der Waals surface area contributed by atoms with Gasteiger partial charge in [-0.1, -0.05) is 35.9 Å². The Labute approximate surface area is 162 Å². The van der Waals surface area contributed by atoms with Gasteiger partial charge in [0.1, 0.15) is 0 Å². The largest absolute Gasteiger partial charge is 0.481 e. The molecule has 3 N–H and O–H groups in total. The minimum Gasteiger partial charge on any atom is -0.481 e. The maximum absolute atomic E-state index is 12.3. The van der Waals surface area contributed by atoms with Crippen molar-refractivity contribution >= 4 is 29.1 Å². The summed E-state index contributed by atoms with van der Waals surface area (Å²) in [6.45, 7) is 3.40. The van der Waals surface area contributed by atoms with Crippen molar-refractivity contribution in [3.05, 3.63) is 57.8 Å². The Hall–Kier alpha value is -2.67. The van der Waals surface area contributed by atoms with Crippen molar-refractivity contribution < 1.29 is 19.5 Å². The van der Waals surface area contributed by atoms with Crippen LogP contribution in [0.1, 0.15) is 35.4 Å². The van der Waals surface area contributed by atoms with Gasteiger partial charge in [0.15, 0.2) is 0 Å². The molecule has 144 valence electrons. The monoisotopic (exact) mass is 388 g/mol. The maximum Gasteiger partial charge on any atom is 0.308 e. The number of rotatable bonds is 9. The van der Waals surface area contributed by atoms with E-state index in [0.29, 0.717) is 6.42 Å². The molecule has 6 nitrogen and oxygen atoms in total. The predicted octanol–water partition coefficient (Wildman–Crippen LogP) is 2.68. The molecule has 2 rings (SSSR count). The summed E-state index contributed by atoms with van der Waals surface area (Å²) in [7, 11) is 0. The van der Waals surface area contributed by atoms with Crippen molar-refractivity contribution in [2.24, 2.45) is 5.92 Å². The van der Waals surface area contributed by atoms with Gasteiger partial charge in [0, 0.05) is 18.3 Å². The maximum atomic E-state index is 12.3. The molecular formula is C20H24N2O4S. The highest BCUT2D eigenvalue weighted by molar-refractivity contribution is 7.10. The van der Waals surface area contributed by atoms with E-state index in [-0.39, 0.29) is 24.8 Å². The summed E-state index contributed by atoms with van der Waals surface area (Å²) in [5, 5.41) is 16.8. The molecule has 0 bridgehead atoms. The Kier molecular flexibility index (Phi) is 7.55. The van der Waals surface area contributed by atoms with Gasteiger partial charge in [-0.05, 0) is 30.4 Å². The van der Waals surface area contributed by atoms with Gasteiger partial charge in [-0.3, -0.25) is 14.4 Å². The summed E-state index contributed by atoms with van der Waals surface area (Å²) < 4.78 is 0. The molecule has 1 heterocycles. The lowest BCUT2D eigenvalue weighted by molar-refractivity contribution is -0.141. The van der Waals surface area contributed by atoms with E-state index in [1.54, 1.807) is 0 Å². The second-order valence-electron chi connectivity index (χ2n) is 6.51. The molecule has 0 aliphatic heterocycles. The van der Waals surface area contributed by atoms with Gasteiger partial charge in [0.05, 0.1) is 18.4 Å². The summed E-state index contributed by atoms with van der Waals surface area (Å²) in [5.74, 6) is -2.17. The van der Waals surface area contributed by atoms with Crippen LogP contribution in [0.4, 0.5) is 0 Å². The third kappa shape index (κ3) is 6.86. The lowest BCUT2D eigenvalue weighted by Gasteiger charge is -2.18. The SMILES string of the molecule is CC(=O)NC(CC(=O)NCC(Cc1cccc(C)c1)C(=O)O)c1cccs1. The van der Waals surface area contributed by atoms with Crippen LogP contribution in [0.2, 0.25) is 0 Å². The quantitative estimate of drug-likeness (QED) is 0.615. The minimum absolute atomic E-state index is 0.0410. The number of aliphatic carboxylic acids is 1. The molecule has 0 aliphatic rings. The number of carbonyl (C=O) groups is 3. The van der Waals surface area contributed by atoms with Crippen LogP contribution in [0, 0.1) is 12.8 Å². The second-order valence-corrected chi connectivity index (χ2v) is 7.48. The molecule has 0 spiro atoms. The molecule has 2 unspecified atom stereocenters. The van der Waals surface area contributed by atoms with Gasteiger partial charge in [0.25, 0.3) is 0 Å². The number of thiophene rings is 1. The molecule has 1 aromatic carbocycles. The summed E-state index contributed by atoms with van der Waals surface area (Å²) in [6, 6.07) is 11.0. The molecule has 2 atom stereocenters. The molecule has 0 saturated carbocycles. The van der Waals surface area contributed by atoms with Crippen LogP contribution in [0.3, 0.4) is 0 Å². The molecule has 0 aliphatic carbocycles. The Morgan fingerprint density at radius 3 is 2.56 bits per heavy atom. The van der Waals surface area contributed by atoms with E-state index in [0.717, 1.165) is 16.0 Å². The van der Waals surface area contributed by atoms with Crippen LogP contribution in [0.15, 0.2) is 41.8 Å². The molecule has 27 heavy (non-hydrogen) atoms. The lowest BCUT2D eigenvalue weighted by Crippen LogP contribution is -2.37. The second kappa shape index (κ2) is 9.87. The van der Waals surface area contributed by atoms with Crippen LogP contribution in [-0.4, -0.2) is 29.4 Å². The topological polar surface area (TPSA) is 95.5 Å². The van der Waals surface area contributed by atoms with E-state index in [2.05, 4.69) is 10.6 Å². The highest BCUT2D eigenvalue weighted by atomic mass is 32.1. The number of carbonyl (C=O) groups excluding carboxylic acids is 2. The van der Waals surface area contributed by atoms with Crippen molar-refractivity contribution in [2.75, 3.05) is 6.54 Å². The zero-order valence-electron chi connectivity index (χ0n) is 15.4. The third-order valence-electron chi connectivity index (χ3n) is 4.11. The number of amides is 2. The van der Waals surface area contributed by atoms with E-state index in [4.69, 9.17) is 0 Å². The van der Waals surface area contributed by atoms with Crippen molar-refractivity contribution in [3.63, 3.8) is 0 Å². The number of nitrogens with one attached hydrogen (secondary N) is 2. The number of benzene rings is 1. The van der Waals surface area contributed by atoms with Gasteiger partial charge >= 0.3 is 5.97 Å². The van der Waals surface area contributed by atoms with Gasteiger partial charge in [0.2, 0.25) is 11.8 Å². The molecule has 7 heteroatoms. The van der Waals surface area contributed by atoms with Crippen molar-refractivity contribution in [3.8, 4) is 0 Å². The fraction of sp³-hybridized carbons (Fsp3) is 0.350. The molecule has 1 aromatic heterocycles. The number of hydrogen-bond donors (Lipinski definition) is 3. The van der Waals surface area contributed by atoms with Crippen LogP contribution < -0.4 is 10.6 Å². The molecule has 2 aromatic rings. The first kappa shape index (κ1) is 20.6. The van der Waals surface area contributed by atoms with Crippen molar-refractivity contribution in [1.82, 2.24) is 10.6 Å². The van der Waals surface area contributed by atoms with E-state index in [9.17, 15) is 19.5 Å². The summed E-state index contributed by atoms with van der Waals surface area (Å²) in [4.78, 5) is 36.1. The van der Waals surface area contributed by atoms with Gasteiger partial charge < -0.3 is 15.7 Å². The molecule has 2 amide bonds. The van der Waals surface area contributed by atoms with Gasteiger partial charge in [-0.15, -0.1) is 11.3 Å². The average molecular weight is 388 g/mol. The van der Waals surface area contributed by atoms with Gasteiger partial charge in [-0.2, -0.15) is 0 Å². The minimum atomic E-state index is -0.950. The van der Waals surface area contributed by atoms with Crippen molar-refractivity contribution in [2.45, 2.75) is 32.7 Å². The van der Waals surface area contributed by atoms with E-state index in [1.807, 2.05) is 48.7 Å². The first-order valence-corrected chi connectivity index (χ1v) is 9.58. The van der Waals surface area contributed by atoms with Crippen molar-refractivity contribution in [1.29, 1.82) is 0 Å². The average Bonchev–Trinajstić information content (AvgIpc) is 3.12. The molecule has 0 fully saturated rings. The normalized spacial score (nSPS) is 12.8. The van der Waals surface area contributed by atoms with Crippen LogP contribution in [-0.2, 0) is 20.8 Å². The van der Waals surface area contributed by atoms with E-state index < -0.39 is 17.9 Å². The van der Waals surface area contributed by atoms with Crippen LogP contribution in [0.5, 0.6) is 0 Å². The summed E-state index contributed by atoms with van der Waals surface area (Å²) >= 11 is 1.46. The Morgan fingerprint density at radius 2 is 1.96 bits per heavy atom. The Bertz CT molecular complexity index is 789. The first-order chi connectivity index (χ1) is 12.8. The zero-order chi connectivity index (χ0) is 19.8. The third-order valence-corrected chi connectivity index (χ3v) is 5.10. The summed E-state index contributed by atoms with van der Waals surface area (Å²) in [5.41, 5.74) is 1.99. The molecular weight excluding hydrogens is 364 g/mol. The Balaban J connectivity index is 1.94. The Morgan fingerprint density at radius 1 is 1.19 bits per heavy atom. The van der Waals surface area contributed by atoms with E-state index >= 15 is 0 Å². The lowest BCUT2D eigenvalue weighted by atomic mass is 9.98. The standard InChI is InChI=1S/C20H24N2O4S/c1-13-5-3-6-15(9-13)10-16(20(25)26)12-21-19(24)11-17(22-14(2)23)18-7-4-8-27-18/h3-9,16-17H,10-12H2,1-2H3,(H,21,24)(H,22,23)(H,25,26). The zero-order valence-corrected chi connectivity index (χ0v) is 16.2.